The van der Waals surface area contributed by atoms with Crippen LogP contribution in [0.5, 0.6) is 0 Å². The Balaban J connectivity index is 1.35. The minimum atomic E-state index is 0.0370. The number of hydrogen-bond acceptors (Lipinski definition) is 5. The Labute approximate surface area is 173 Å². The molecule has 0 radical (unpaired) electrons. The predicted octanol–water partition coefficient (Wildman–Crippen LogP) is 3.56. The van der Waals surface area contributed by atoms with Crippen molar-refractivity contribution in [3.05, 3.63) is 48.4 Å². The lowest BCUT2D eigenvalue weighted by Crippen LogP contribution is -2.42. The summed E-state index contributed by atoms with van der Waals surface area (Å²) in [5.74, 6) is 1.29. The van der Waals surface area contributed by atoms with Crippen molar-refractivity contribution in [3.63, 3.8) is 0 Å². The maximum Gasteiger partial charge on any atom is 0.223 e. The zero-order valence-corrected chi connectivity index (χ0v) is 17.3. The molecule has 1 aromatic heterocycles. The number of carbonyl (C=O) groups is 1. The van der Waals surface area contributed by atoms with Crippen molar-refractivity contribution in [1.82, 2.24) is 15.3 Å². The first-order valence-corrected chi connectivity index (χ1v) is 10.9. The molecule has 0 bridgehead atoms. The third kappa shape index (κ3) is 4.69. The van der Waals surface area contributed by atoms with Gasteiger partial charge in [-0.05, 0) is 44.6 Å². The molecule has 2 aromatic rings. The highest BCUT2D eigenvalue weighted by molar-refractivity contribution is 5.79. The van der Waals surface area contributed by atoms with E-state index in [4.69, 9.17) is 0 Å². The van der Waals surface area contributed by atoms with E-state index >= 15 is 0 Å². The van der Waals surface area contributed by atoms with Crippen LogP contribution in [0.15, 0.2) is 42.9 Å². The smallest absolute Gasteiger partial charge is 0.223 e. The van der Waals surface area contributed by atoms with E-state index in [9.17, 15) is 4.79 Å². The molecule has 1 amide bonds. The molecular formula is C23H31N5O. The van der Waals surface area contributed by atoms with Gasteiger partial charge in [0.25, 0.3) is 0 Å². The van der Waals surface area contributed by atoms with Gasteiger partial charge in [0.15, 0.2) is 5.82 Å². The second-order valence-corrected chi connectivity index (χ2v) is 8.18. The summed E-state index contributed by atoms with van der Waals surface area (Å²) >= 11 is 0. The van der Waals surface area contributed by atoms with E-state index in [1.807, 2.05) is 24.4 Å². The maximum absolute atomic E-state index is 12.8. The van der Waals surface area contributed by atoms with Crippen molar-refractivity contribution in [2.75, 3.05) is 36.0 Å². The van der Waals surface area contributed by atoms with Crippen LogP contribution in [0.1, 0.15) is 50.6 Å². The van der Waals surface area contributed by atoms with Crippen LogP contribution in [0.4, 0.5) is 11.5 Å². The molecule has 154 valence electrons. The largest absolute Gasteiger partial charge is 0.367 e. The van der Waals surface area contributed by atoms with E-state index in [2.05, 4.69) is 44.1 Å². The Morgan fingerprint density at radius 2 is 1.76 bits per heavy atom. The average Bonchev–Trinajstić information content (AvgIpc) is 2.80. The van der Waals surface area contributed by atoms with E-state index in [-0.39, 0.29) is 17.9 Å². The molecule has 29 heavy (non-hydrogen) atoms. The van der Waals surface area contributed by atoms with Gasteiger partial charge in [-0.15, -0.1) is 0 Å². The Bertz CT molecular complexity index is 798. The molecule has 3 heterocycles. The third-order valence-electron chi connectivity index (χ3n) is 6.19. The molecule has 4 rings (SSSR count). The van der Waals surface area contributed by atoms with Crippen molar-refractivity contribution in [2.45, 2.75) is 45.1 Å². The lowest BCUT2D eigenvalue weighted by Gasteiger charge is -2.36. The van der Waals surface area contributed by atoms with Gasteiger partial charge in [0.2, 0.25) is 5.91 Å². The first kappa shape index (κ1) is 19.7. The number of hydrogen-bond donors (Lipinski definition) is 1. The third-order valence-corrected chi connectivity index (χ3v) is 6.19. The second-order valence-electron chi connectivity index (χ2n) is 8.18. The minimum Gasteiger partial charge on any atom is -0.367 e. The van der Waals surface area contributed by atoms with Gasteiger partial charge >= 0.3 is 0 Å². The highest BCUT2D eigenvalue weighted by Crippen LogP contribution is 2.31. The lowest BCUT2D eigenvalue weighted by atomic mass is 9.95. The summed E-state index contributed by atoms with van der Waals surface area (Å²) in [4.78, 5) is 26.4. The van der Waals surface area contributed by atoms with Crippen molar-refractivity contribution < 1.29 is 4.79 Å². The molecule has 0 spiro atoms. The number of carbonyl (C=O) groups excluding carboxylic acids is 1. The second kappa shape index (κ2) is 9.25. The summed E-state index contributed by atoms with van der Waals surface area (Å²) in [5, 5.41) is 3.19. The van der Waals surface area contributed by atoms with Crippen LogP contribution in [0.2, 0.25) is 0 Å². The molecule has 6 nitrogen and oxygen atoms in total. The minimum absolute atomic E-state index is 0.0370. The van der Waals surface area contributed by atoms with Crippen molar-refractivity contribution >= 4 is 17.4 Å². The lowest BCUT2D eigenvalue weighted by molar-refractivity contribution is -0.126. The first-order valence-electron chi connectivity index (χ1n) is 10.9. The Hall–Kier alpha value is -2.63. The molecule has 1 atom stereocenters. The predicted molar refractivity (Wildman–Crippen MR) is 116 cm³/mol. The fraction of sp³-hybridized carbons (Fsp3) is 0.522. The summed E-state index contributed by atoms with van der Waals surface area (Å²) in [6, 6.07) is 10.2. The summed E-state index contributed by atoms with van der Waals surface area (Å²) in [5.41, 5.74) is 2.26. The van der Waals surface area contributed by atoms with Crippen LogP contribution in [0, 0.1) is 5.92 Å². The number of benzene rings is 1. The van der Waals surface area contributed by atoms with Crippen molar-refractivity contribution in [2.24, 2.45) is 5.92 Å². The topological polar surface area (TPSA) is 61.4 Å². The molecule has 6 heteroatoms. The monoisotopic (exact) mass is 393 g/mol. The SMILES string of the molecule is CC(NC(=O)C1CCN(c2cncnc2N2CCCCC2)CC1)c1ccccc1. The summed E-state index contributed by atoms with van der Waals surface area (Å²) in [6.45, 7) is 5.92. The van der Waals surface area contributed by atoms with Crippen LogP contribution in [0.3, 0.4) is 0 Å². The van der Waals surface area contributed by atoms with Crippen LogP contribution < -0.4 is 15.1 Å². The molecule has 2 fully saturated rings. The molecule has 1 aromatic carbocycles. The highest BCUT2D eigenvalue weighted by atomic mass is 16.1. The van der Waals surface area contributed by atoms with E-state index in [0.29, 0.717) is 0 Å². The molecule has 0 saturated carbocycles. The fourth-order valence-electron chi connectivity index (χ4n) is 4.43. The Morgan fingerprint density at radius 1 is 1.03 bits per heavy atom. The van der Waals surface area contributed by atoms with Crippen LogP contribution >= 0.6 is 0 Å². The number of piperidine rings is 2. The molecule has 0 aliphatic carbocycles. The number of nitrogens with one attached hydrogen (secondary N) is 1. The van der Waals surface area contributed by atoms with Gasteiger partial charge < -0.3 is 15.1 Å². The molecule has 2 aliphatic heterocycles. The van der Waals surface area contributed by atoms with Gasteiger partial charge in [0, 0.05) is 32.1 Å². The Kier molecular flexibility index (Phi) is 6.27. The number of nitrogens with zero attached hydrogens (tertiary/aromatic N) is 4. The highest BCUT2D eigenvalue weighted by Gasteiger charge is 2.28. The zero-order chi connectivity index (χ0) is 20.1. The number of amides is 1. The van der Waals surface area contributed by atoms with Gasteiger partial charge in [-0.3, -0.25) is 4.79 Å². The first-order chi connectivity index (χ1) is 14.2. The van der Waals surface area contributed by atoms with Gasteiger partial charge in [0.1, 0.15) is 6.33 Å². The Morgan fingerprint density at radius 3 is 2.48 bits per heavy atom. The van der Waals surface area contributed by atoms with Crippen molar-refractivity contribution in [3.8, 4) is 0 Å². The van der Waals surface area contributed by atoms with Crippen molar-refractivity contribution in [1.29, 1.82) is 0 Å². The quantitative estimate of drug-likeness (QED) is 0.842. The number of anilines is 2. The van der Waals surface area contributed by atoms with Gasteiger partial charge in [-0.1, -0.05) is 30.3 Å². The van der Waals surface area contributed by atoms with Crippen LogP contribution in [0.25, 0.3) is 0 Å². The summed E-state index contributed by atoms with van der Waals surface area (Å²) in [6.07, 6.45) is 9.08. The average molecular weight is 394 g/mol. The molecule has 1 unspecified atom stereocenters. The van der Waals surface area contributed by atoms with E-state index < -0.39 is 0 Å². The molecule has 2 aliphatic rings. The zero-order valence-electron chi connectivity index (χ0n) is 17.3. The van der Waals surface area contributed by atoms with Crippen LogP contribution in [-0.2, 0) is 4.79 Å². The summed E-state index contributed by atoms with van der Waals surface area (Å²) in [7, 11) is 0. The fourth-order valence-corrected chi connectivity index (χ4v) is 4.43. The van der Waals surface area contributed by atoms with Crippen LogP contribution in [-0.4, -0.2) is 42.1 Å². The van der Waals surface area contributed by atoms with Gasteiger partial charge in [-0.2, -0.15) is 0 Å². The summed E-state index contributed by atoms with van der Waals surface area (Å²) < 4.78 is 0. The molecule has 1 N–H and O–H groups in total. The standard InChI is InChI=1S/C23H31N5O/c1-18(19-8-4-2-5-9-19)26-23(29)20-10-14-27(15-11-20)21-16-24-17-25-22(21)28-12-6-3-7-13-28/h2,4-5,8-9,16-18,20H,3,6-7,10-15H2,1H3,(H,26,29). The van der Waals surface area contributed by atoms with E-state index in [0.717, 1.165) is 56.1 Å². The number of aromatic nitrogens is 2. The van der Waals surface area contributed by atoms with Gasteiger partial charge in [-0.25, -0.2) is 9.97 Å². The number of rotatable bonds is 5. The van der Waals surface area contributed by atoms with Gasteiger partial charge in [0.05, 0.1) is 17.9 Å². The molecular weight excluding hydrogens is 362 g/mol. The normalized spacial score (nSPS) is 19.1. The van der Waals surface area contributed by atoms with E-state index in [1.165, 1.54) is 19.3 Å². The molecule has 2 saturated heterocycles. The maximum atomic E-state index is 12.8. The van der Waals surface area contributed by atoms with E-state index in [1.54, 1.807) is 6.33 Å².